The quantitative estimate of drug-likeness (QED) is 0.587. The molecule has 0 unspecified atom stereocenters. The van der Waals surface area contributed by atoms with Gasteiger partial charge < -0.3 is 9.80 Å². The topological polar surface area (TPSA) is 6.48 Å². The van der Waals surface area contributed by atoms with Crippen molar-refractivity contribution in [2.24, 2.45) is 0 Å². The molecule has 0 aromatic rings. The van der Waals surface area contributed by atoms with Crippen LogP contribution in [-0.2, 0) is 0 Å². The number of rotatable bonds is 3. The third-order valence-electron chi connectivity index (χ3n) is 1.30. The van der Waals surface area contributed by atoms with E-state index in [1.165, 1.54) is 5.82 Å². The fourth-order valence-electron chi connectivity index (χ4n) is 0.948. The Labute approximate surface area is 64.1 Å². The summed E-state index contributed by atoms with van der Waals surface area (Å²) in [6, 6.07) is 0. The van der Waals surface area contributed by atoms with Crippen LogP contribution in [0.4, 0.5) is 0 Å². The zero-order valence-electron chi connectivity index (χ0n) is 7.68. The first kappa shape index (κ1) is 9.34. The minimum absolute atomic E-state index is 1.09. The maximum absolute atomic E-state index is 2.21. The van der Waals surface area contributed by atoms with Gasteiger partial charge in [-0.3, -0.25) is 0 Å². The molecule has 0 N–H and O–H groups in total. The highest BCUT2D eigenvalue weighted by Crippen LogP contribution is 2.02. The van der Waals surface area contributed by atoms with Gasteiger partial charge in [-0.1, -0.05) is 6.92 Å². The standard InChI is InChI=1S/C8H18N2/c1-6-7-8(9(2)3)10(4)5/h7H,6H2,1-5H3. The molecule has 0 aliphatic rings. The summed E-state index contributed by atoms with van der Waals surface area (Å²) in [4.78, 5) is 4.23. The zero-order chi connectivity index (χ0) is 8.15. The molecule has 0 radical (unpaired) electrons. The normalized spacial score (nSPS) is 8.90. The van der Waals surface area contributed by atoms with Crippen molar-refractivity contribution in [3.8, 4) is 0 Å². The van der Waals surface area contributed by atoms with Crippen LogP contribution in [0.3, 0.4) is 0 Å². The van der Waals surface area contributed by atoms with E-state index in [-0.39, 0.29) is 0 Å². The van der Waals surface area contributed by atoms with Crippen LogP contribution in [-0.4, -0.2) is 38.0 Å². The largest absolute Gasteiger partial charge is 0.365 e. The first-order valence-corrected chi connectivity index (χ1v) is 3.64. The van der Waals surface area contributed by atoms with Gasteiger partial charge in [0.2, 0.25) is 0 Å². The van der Waals surface area contributed by atoms with Crippen molar-refractivity contribution in [3.63, 3.8) is 0 Å². The van der Waals surface area contributed by atoms with Gasteiger partial charge >= 0.3 is 0 Å². The highest BCUT2D eigenvalue weighted by molar-refractivity contribution is 4.95. The Morgan fingerprint density at radius 1 is 1.10 bits per heavy atom. The van der Waals surface area contributed by atoms with Gasteiger partial charge in [-0.15, -0.1) is 0 Å². The molecule has 60 valence electrons. The Morgan fingerprint density at radius 2 is 1.50 bits per heavy atom. The van der Waals surface area contributed by atoms with E-state index in [2.05, 4.69) is 51.0 Å². The summed E-state index contributed by atoms with van der Waals surface area (Å²) in [6.07, 6.45) is 3.30. The molecule has 0 atom stereocenters. The van der Waals surface area contributed by atoms with Crippen LogP contribution in [0.2, 0.25) is 0 Å². The highest BCUT2D eigenvalue weighted by atomic mass is 15.3. The molecule has 10 heavy (non-hydrogen) atoms. The van der Waals surface area contributed by atoms with E-state index < -0.39 is 0 Å². The summed E-state index contributed by atoms with van der Waals surface area (Å²) in [5, 5.41) is 0. The van der Waals surface area contributed by atoms with Gasteiger partial charge in [-0.05, 0) is 12.5 Å². The van der Waals surface area contributed by atoms with Crippen molar-refractivity contribution in [1.82, 2.24) is 9.80 Å². The summed E-state index contributed by atoms with van der Waals surface area (Å²) in [7, 11) is 8.23. The van der Waals surface area contributed by atoms with Crippen molar-refractivity contribution in [2.75, 3.05) is 28.2 Å². The highest BCUT2D eigenvalue weighted by Gasteiger charge is 1.98. The Morgan fingerprint density at radius 3 is 1.60 bits per heavy atom. The van der Waals surface area contributed by atoms with E-state index in [1.807, 2.05) is 0 Å². The Kier molecular flexibility index (Phi) is 3.93. The average molecular weight is 142 g/mol. The molecule has 0 aliphatic carbocycles. The van der Waals surface area contributed by atoms with Crippen LogP contribution in [0.25, 0.3) is 0 Å². The maximum atomic E-state index is 2.21. The molecule has 0 aromatic carbocycles. The van der Waals surface area contributed by atoms with Gasteiger partial charge in [0.15, 0.2) is 0 Å². The fourth-order valence-corrected chi connectivity index (χ4v) is 0.948. The fraction of sp³-hybridized carbons (Fsp3) is 0.750. The molecule has 0 spiro atoms. The first-order valence-electron chi connectivity index (χ1n) is 3.64. The summed E-state index contributed by atoms with van der Waals surface area (Å²) in [5.74, 6) is 1.27. The lowest BCUT2D eigenvalue weighted by Gasteiger charge is -2.24. The molecule has 0 amide bonds. The summed E-state index contributed by atoms with van der Waals surface area (Å²) in [5.41, 5.74) is 0. The molecule has 0 fully saturated rings. The monoisotopic (exact) mass is 142 g/mol. The third-order valence-corrected chi connectivity index (χ3v) is 1.30. The molecule has 0 aromatic heterocycles. The number of nitrogens with zero attached hydrogens (tertiary/aromatic N) is 2. The lowest BCUT2D eigenvalue weighted by atomic mass is 10.4. The zero-order valence-corrected chi connectivity index (χ0v) is 7.68. The molecule has 2 heteroatoms. The van der Waals surface area contributed by atoms with Crippen molar-refractivity contribution >= 4 is 0 Å². The van der Waals surface area contributed by atoms with E-state index in [0.29, 0.717) is 0 Å². The van der Waals surface area contributed by atoms with Gasteiger partial charge in [-0.25, -0.2) is 0 Å². The predicted octanol–water partition coefficient (Wildman–Crippen LogP) is 1.36. The van der Waals surface area contributed by atoms with Crippen LogP contribution >= 0.6 is 0 Å². The van der Waals surface area contributed by atoms with E-state index in [1.54, 1.807) is 0 Å². The Hall–Kier alpha value is -0.660. The summed E-state index contributed by atoms with van der Waals surface area (Å²) < 4.78 is 0. The molecule has 0 aliphatic heterocycles. The smallest absolute Gasteiger partial charge is 0.0987 e. The minimum atomic E-state index is 1.09. The van der Waals surface area contributed by atoms with Crippen LogP contribution < -0.4 is 0 Å². The minimum Gasteiger partial charge on any atom is -0.365 e. The van der Waals surface area contributed by atoms with Crippen LogP contribution in [0.5, 0.6) is 0 Å². The second-order valence-electron chi connectivity index (χ2n) is 2.76. The van der Waals surface area contributed by atoms with Gasteiger partial charge in [-0.2, -0.15) is 0 Å². The van der Waals surface area contributed by atoms with Gasteiger partial charge in [0.05, 0.1) is 5.82 Å². The SMILES string of the molecule is CCC=C(N(C)C)N(C)C. The van der Waals surface area contributed by atoms with Crippen LogP contribution in [0.15, 0.2) is 11.9 Å². The molecule has 0 rings (SSSR count). The molecule has 0 saturated carbocycles. The number of allylic oxidation sites excluding steroid dienone is 1. The van der Waals surface area contributed by atoms with E-state index in [0.717, 1.165) is 6.42 Å². The molecular formula is C8H18N2. The summed E-state index contributed by atoms with van der Waals surface area (Å²) >= 11 is 0. The number of hydrogen-bond donors (Lipinski definition) is 0. The second kappa shape index (κ2) is 4.20. The van der Waals surface area contributed by atoms with Crippen molar-refractivity contribution in [2.45, 2.75) is 13.3 Å². The van der Waals surface area contributed by atoms with Gasteiger partial charge in [0.1, 0.15) is 0 Å². The molecule has 2 nitrogen and oxygen atoms in total. The number of hydrogen-bond acceptors (Lipinski definition) is 2. The molecular weight excluding hydrogens is 124 g/mol. The van der Waals surface area contributed by atoms with E-state index in [4.69, 9.17) is 0 Å². The van der Waals surface area contributed by atoms with E-state index in [9.17, 15) is 0 Å². The second-order valence-corrected chi connectivity index (χ2v) is 2.76. The average Bonchev–Trinajstić information content (AvgIpc) is 1.81. The van der Waals surface area contributed by atoms with Crippen LogP contribution in [0.1, 0.15) is 13.3 Å². The van der Waals surface area contributed by atoms with Crippen LogP contribution in [0, 0.1) is 0 Å². The lowest BCUT2D eigenvalue weighted by Crippen LogP contribution is -2.24. The van der Waals surface area contributed by atoms with Crippen molar-refractivity contribution in [3.05, 3.63) is 11.9 Å². The maximum Gasteiger partial charge on any atom is 0.0987 e. The van der Waals surface area contributed by atoms with Crippen molar-refractivity contribution < 1.29 is 0 Å². The third kappa shape index (κ3) is 2.76. The molecule has 0 saturated heterocycles. The molecule has 0 heterocycles. The Balaban J connectivity index is 4.12. The molecule has 0 bridgehead atoms. The first-order chi connectivity index (χ1) is 4.59. The van der Waals surface area contributed by atoms with E-state index >= 15 is 0 Å². The van der Waals surface area contributed by atoms with Gasteiger partial charge in [0, 0.05) is 28.2 Å². The lowest BCUT2D eigenvalue weighted by molar-refractivity contribution is 0.340. The predicted molar refractivity (Wildman–Crippen MR) is 45.7 cm³/mol. The Bertz CT molecular complexity index is 104. The van der Waals surface area contributed by atoms with Gasteiger partial charge in [0.25, 0.3) is 0 Å². The van der Waals surface area contributed by atoms with Crippen molar-refractivity contribution in [1.29, 1.82) is 0 Å². The summed E-state index contributed by atoms with van der Waals surface area (Å²) in [6.45, 7) is 2.15.